The van der Waals surface area contributed by atoms with Gasteiger partial charge in [-0.1, -0.05) is 36.8 Å². The van der Waals surface area contributed by atoms with Crippen molar-refractivity contribution in [2.24, 2.45) is 4.99 Å². The number of allylic oxidation sites excluding steroid dienone is 3. The van der Waals surface area contributed by atoms with Gasteiger partial charge < -0.3 is 5.32 Å². The van der Waals surface area contributed by atoms with Crippen LogP contribution in [0.2, 0.25) is 0 Å². The lowest BCUT2D eigenvalue weighted by atomic mass is 10.1. The number of rotatable bonds is 6. The highest BCUT2D eigenvalue weighted by molar-refractivity contribution is 6.03. The Kier molecular flexibility index (Phi) is 16.1. The molecule has 0 saturated heterocycles. The molecule has 0 aliphatic carbocycles. The molecule has 146 valence electrons. The number of nitrogens with zero attached hydrogens (tertiary/aromatic N) is 1. The van der Waals surface area contributed by atoms with Gasteiger partial charge in [-0.05, 0) is 64.6 Å². The van der Waals surface area contributed by atoms with E-state index in [0.29, 0.717) is 11.3 Å². The minimum absolute atomic E-state index is 0.210. The summed E-state index contributed by atoms with van der Waals surface area (Å²) in [6.07, 6.45) is 14.9. The second kappa shape index (κ2) is 16.5. The van der Waals surface area contributed by atoms with Gasteiger partial charge in [0.15, 0.2) is 0 Å². The molecule has 0 unspecified atom stereocenters. The molecule has 1 aromatic carbocycles. The van der Waals surface area contributed by atoms with E-state index in [4.69, 9.17) is 0 Å². The molecule has 3 nitrogen and oxygen atoms in total. The fraction of sp³-hybridized carbons (Fsp3) is 0.304. The van der Waals surface area contributed by atoms with Gasteiger partial charge in [0.2, 0.25) is 0 Å². The average molecular weight is 371 g/mol. The van der Waals surface area contributed by atoms with Crippen LogP contribution in [0.15, 0.2) is 64.2 Å². The molecule has 0 aliphatic rings. The fourth-order valence-electron chi connectivity index (χ4n) is 1.81. The number of nitrogens with one attached hydrogen (secondary N) is 1. The number of terminal acetylenes is 1. The maximum absolute atomic E-state index is 12.7. The SMILES string of the molecule is C#C.C/C=C(\C)C(=O)Nc1cccc(F)c1.C=NCC(/C=C\C)=C(\C)CC. The van der Waals surface area contributed by atoms with Gasteiger partial charge in [0, 0.05) is 11.3 Å². The monoisotopic (exact) mass is 370 g/mol. The van der Waals surface area contributed by atoms with Gasteiger partial charge in [-0.3, -0.25) is 9.79 Å². The second-order valence-electron chi connectivity index (χ2n) is 5.48. The minimum atomic E-state index is -0.360. The van der Waals surface area contributed by atoms with Gasteiger partial charge in [-0.15, -0.1) is 12.8 Å². The Labute approximate surface area is 163 Å². The fourth-order valence-corrected chi connectivity index (χ4v) is 1.81. The van der Waals surface area contributed by atoms with E-state index >= 15 is 0 Å². The molecule has 1 amide bonds. The highest BCUT2D eigenvalue weighted by Crippen LogP contribution is 2.10. The smallest absolute Gasteiger partial charge is 0.250 e. The Balaban J connectivity index is 0. The highest BCUT2D eigenvalue weighted by Gasteiger charge is 2.03. The number of halogens is 1. The van der Waals surface area contributed by atoms with Gasteiger partial charge in [-0.25, -0.2) is 4.39 Å². The van der Waals surface area contributed by atoms with E-state index in [1.165, 1.54) is 23.3 Å². The van der Waals surface area contributed by atoms with E-state index in [2.05, 4.69) is 49.8 Å². The van der Waals surface area contributed by atoms with E-state index in [9.17, 15) is 9.18 Å². The average Bonchev–Trinajstić information content (AvgIpc) is 2.68. The molecule has 0 atom stereocenters. The largest absolute Gasteiger partial charge is 0.322 e. The molecule has 0 aromatic heterocycles. The second-order valence-corrected chi connectivity index (χ2v) is 5.48. The van der Waals surface area contributed by atoms with Crippen LogP contribution in [0.5, 0.6) is 0 Å². The lowest BCUT2D eigenvalue weighted by Crippen LogP contribution is -2.12. The Hall–Kier alpha value is -2.93. The van der Waals surface area contributed by atoms with Crippen LogP contribution in [-0.4, -0.2) is 19.2 Å². The first kappa shape index (κ1) is 26.3. The summed E-state index contributed by atoms with van der Waals surface area (Å²) in [5.41, 5.74) is 3.77. The van der Waals surface area contributed by atoms with Crippen molar-refractivity contribution in [3.63, 3.8) is 0 Å². The van der Waals surface area contributed by atoms with Crippen molar-refractivity contribution in [3.05, 3.63) is 65.0 Å². The molecule has 0 bridgehead atoms. The van der Waals surface area contributed by atoms with Crippen LogP contribution < -0.4 is 5.32 Å². The van der Waals surface area contributed by atoms with Crippen molar-refractivity contribution < 1.29 is 9.18 Å². The maximum atomic E-state index is 12.7. The van der Waals surface area contributed by atoms with E-state index in [-0.39, 0.29) is 11.7 Å². The highest BCUT2D eigenvalue weighted by atomic mass is 19.1. The van der Waals surface area contributed by atoms with Crippen molar-refractivity contribution in [2.45, 2.75) is 41.0 Å². The van der Waals surface area contributed by atoms with Crippen LogP contribution in [0.3, 0.4) is 0 Å². The molecule has 1 rings (SSSR count). The van der Waals surface area contributed by atoms with Gasteiger partial charge in [0.05, 0.1) is 6.54 Å². The van der Waals surface area contributed by atoms with Gasteiger partial charge >= 0.3 is 0 Å². The molecule has 1 N–H and O–H groups in total. The zero-order chi connectivity index (χ0) is 21.2. The van der Waals surface area contributed by atoms with Crippen LogP contribution in [0.4, 0.5) is 10.1 Å². The van der Waals surface area contributed by atoms with Crippen molar-refractivity contribution >= 4 is 18.3 Å². The predicted octanol–water partition coefficient (Wildman–Crippen LogP) is 5.97. The third kappa shape index (κ3) is 12.1. The topological polar surface area (TPSA) is 41.5 Å². The Bertz CT molecular complexity index is 697. The third-order valence-electron chi connectivity index (χ3n) is 3.60. The lowest BCUT2D eigenvalue weighted by molar-refractivity contribution is -0.112. The Morgan fingerprint density at radius 1 is 1.30 bits per heavy atom. The van der Waals surface area contributed by atoms with Crippen LogP contribution in [0.25, 0.3) is 0 Å². The van der Waals surface area contributed by atoms with E-state index in [1.54, 1.807) is 32.1 Å². The number of amides is 1. The van der Waals surface area contributed by atoms with Crippen LogP contribution in [0, 0.1) is 18.7 Å². The van der Waals surface area contributed by atoms with Gasteiger partial charge in [0.1, 0.15) is 5.82 Å². The van der Waals surface area contributed by atoms with Crippen LogP contribution in [-0.2, 0) is 4.79 Å². The summed E-state index contributed by atoms with van der Waals surface area (Å²) in [7, 11) is 0. The Morgan fingerprint density at radius 2 is 1.93 bits per heavy atom. The summed E-state index contributed by atoms with van der Waals surface area (Å²) < 4.78 is 12.7. The first-order valence-corrected chi connectivity index (χ1v) is 8.66. The number of hydrogen-bond donors (Lipinski definition) is 1. The molecule has 27 heavy (non-hydrogen) atoms. The Morgan fingerprint density at radius 3 is 2.37 bits per heavy atom. The summed E-state index contributed by atoms with van der Waals surface area (Å²) in [6, 6.07) is 5.80. The number of hydrogen-bond acceptors (Lipinski definition) is 2. The third-order valence-corrected chi connectivity index (χ3v) is 3.60. The quantitative estimate of drug-likeness (QED) is 0.285. The van der Waals surface area contributed by atoms with Crippen LogP contribution in [0.1, 0.15) is 41.0 Å². The summed E-state index contributed by atoms with van der Waals surface area (Å²) >= 11 is 0. The maximum Gasteiger partial charge on any atom is 0.250 e. The minimum Gasteiger partial charge on any atom is -0.322 e. The molecular weight excluding hydrogens is 339 g/mol. The molecule has 4 heteroatoms. The standard InChI is InChI=1S/C11H12FNO.C10H17N.C2H2/c1-3-8(2)11(14)13-10-6-4-5-9(12)7-10;1-5-7-10(8-11-4)9(3)6-2;1-2/h3-7H,1-2H3,(H,13,14);5,7H,4,6,8H2,1-3H3;1-2H/b8-3+;7-5-,10-9+;. The van der Waals surface area contributed by atoms with Crippen molar-refractivity contribution in [3.8, 4) is 12.8 Å². The summed E-state index contributed by atoms with van der Waals surface area (Å²) in [4.78, 5) is 15.2. The summed E-state index contributed by atoms with van der Waals surface area (Å²) in [6.45, 7) is 14.0. The molecule has 0 aliphatic heterocycles. The molecule has 0 heterocycles. The molecule has 1 aromatic rings. The van der Waals surface area contributed by atoms with Crippen molar-refractivity contribution in [1.82, 2.24) is 0 Å². The van der Waals surface area contributed by atoms with E-state index in [0.717, 1.165) is 13.0 Å². The number of benzene rings is 1. The first-order valence-electron chi connectivity index (χ1n) is 8.66. The number of carbonyl (C=O) groups excluding carboxylic acids is 1. The summed E-state index contributed by atoms with van der Waals surface area (Å²) in [5, 5.41) is 2.59. The van der Waals surface area contributed by atoms with Crippen molar-refractivity contribution in [2.75, 3.05) is 11.9 Å². The molecule has 0 spiro atoms. The normalized spacial score (nSPS) is 11.3. The van der Waals surface area contributed by atoms with Gasteiger partial charge in [-0.2, -0.15) is 0 Å². The van der Waals surface area contributed by atoms with E-state index < -0.39 is 0 Å². The number of aliphatic imine (C=N–C) groups is 1. The predicted molar refractivity (Wildman–Crippen MR) is 117 cm³/mol. The zero-order valence-corrected chi connectivity index (χ0v) is 17.1. The van der Waals surface area contributed by atoms with E-state index in [1.807, 2.05) is 13.0 Å². The zero-order valence-electron chi connectivity index (χ0n) is 17.1. The summed E-state index contributed by atoms with van der Waals surface area (Å²) in [5.74, 6) is -0.570. The lowest BCUT2D eigenvalue weighted by Gasteiger charge is -2.04. The molecule has 0 radical (unpaired) electrons. The first-order chi connectivity index (χ1) is 12.9. The molecule has 0 fully saturated rings. The number of anilines is 1. The van der Waals surface area contributed by atoms with Crippen LogP contribution >= 0.6 is 0 Å². The van der Waals surface area contributed by atoms with Gasteiger partial charge in [0.25, 0.3) is 5.91 Å². The molecular formula is C23H31FN2O. The molecule has 0 saturated carbocycles. The van der Waals surface area contributed by atoms with Crippen molar-refractivity contribution in [1.29, 1.82) is 0 Å². The number of carbonyl (C=O) groups is 1.